The maximum absolute atomic E-state index is 12.9. The second kappa shape index (κ2) is 5.65. The zero-order valence-electron chi connectivity index (χ0n) is 10.8. The first-order valence-corrected chi connectivity index (χ1v) is 6.19. The van der Waals surface area contributed by atoms with E-state index in [4.69, 9.17) is 0 Å². The second-order valence-electron chi connectivity index (χ2n) is 4.42. The Morgan fingerprint density at radius 3 is 2.63 bits per heavy atom. The molecule has 2 rings (SSSR count). The molecule has 0 aromatic heterocycles. The van der Waals surface area contributed by atoms with E-state index in [0.29, 0.717) is 12.1 Å². The summed E-state index contributed by atoms with van der Waals surface area (Å²) >= 11 is 0. The van der Waals surface area contributed by atoms with Crippen molar-refractivity contribution >= 4 is 11.6 Å². The first-order valence-electron chi connectivity index (χ1n) is 6.19. The molecule has 0 aliphatic carbocycles. The van der Waals surface area contributed by atoms with Crippen LogP contribution in [0, 0.1) is 5.82 Å². The number of hydrogen-bond acceptors (Lipinski definition) is 1. The summed E-state index contributed by atoms with van der Waals surface area (Å²) in [5.41, 5.74) is 1.59. The lowest BCUT2D eigenvalue weighted by Crippen LogP contribution is -2.53. The fourth-order valence-electron chi connectivity index (χ4n) is 2.04. The molecule has 0 bridgehead atoms. The van der Waals surface area contributed by atoms with Gasteiger partial charge in [0.15, 0.2) is 0 Å². The largest absolute Gasteiger partial charge is 0.304 e. The lowest BCUT2D eigenvalue weighted by atomic mass is 9.93. The molecule has 0 saturated carbocycles. The van der Waals surface area contributed by atoms with Crippen molar-refractivity contribution in [2.75, 3.05) is 4.90 Å². The summed E-state index contributed by atoms with van der Waals surface area (Å²) in [6.45, 7) is 5.92. The molecule has 1 aromatic rings. The molecule has 98 valence electrons. The molecule has 0 unspecified atom stereocenters. The Hall–Kier alpha value is -2.16. The van der Waals surface area contributed by atoms with E-state index in [1.165, 1.54) is 12.1 Å². The molecule has 1 saturated heterocycles. The highest BCUT2D eigenvalue weighted by molar-refractivity contribution is 6.02. The van der Waals surface area contributed by atoms with E-state index < -0.39 is 0 Å². The van der Waals surface area contributed by atoms with Gasteiger partial charge in [-0.1, -0.05) is 30.9 Å². The van der Waals surface area contributed by atoms with Crippen LogP contribution in [0.2, 0.25) is 0 Å². The van der Waals surface area contributed by atoms with E-state index in [-0.39, 0.29) is 17.8 Å². The Morgan fingerprint density at radius 2 is 2.05 bits per heavy atom. The minimum absolute atomic E-state index is 0.0283. The number of β-lactam (4-membered cyclic amide) rings is 1. The molecule has 1 heterocycles. The predicted molar refractivity (Wildman–Crippen MR) is 75.4 cm³/mol. The van der Waals surface area contributed by atoms with Gasteiger partial charge in [-0.05, 0) is 36.8 Å². The first-order chi connectivity index (χ1) is 9.13. The Kier molecular flexibility index (Phi) is 3.95. The van der Waals surface area contributed by atoms with Gasteiger partial charge >= 0.3 is 0 Å². The summed E-state index contributed by atoms with van der Waals surface area (Å²) in [4.78, 5) is 13.4. The molecule has 0 spiro atoms. The summed E-state index contributed by atoms with van der Waals surface area (Å²) in [5.74, 6) is -0.266. The third kappa shape index (κ3) is 2.81. The molecular formula is C16H16FNO. The molecule has 0 radical (unpaired) electrons. The van der Waals surface area contributed by atoms with Gasteiger partial charge in [-0.3, -0.25) is 4.79 Å². The zero-order chi connectivity index (χ0) is 13.8. The van der Waals surface area contributed by atoms with Gasteiger partial charge < -0.3 is 4.90 Å². The monoisotopic (exact) mass is 257 g/mol. The van der Waals surface area contributed by atoms with E-state index in [9.17, 15) is 9.18 Å². The Bertz CT molecular complexity index is 542. The van der Waals surface area contributed by atoms with E-state index in [0.717, 1.165) is 5.57 Å². The fourth-order valence-corrected chi connectivity index (χ4v) is 2.04. The number of rotatable bonds is 4. The van der Waals surface area contributed by atoms with Crippen LogP contribution in [0.25, 0.3) is 0 Å². The number of allylic oxidation sites excluding steroid dienone is 3. The number of hydrogen-bond donors (Lipinski definition) is 0. The van der Waals surface area contributed by atoms with Crippen molar-refractivity contribution in [2.24, 2.45) is 0 Å². The van der Waals surface area contributed by atoms with Gasteiger partial charge in [0.05, 0.1) is 12.5 Å². The lowest BCUT2D eigenvalue weighted by molar-refractivity contribution is -0.123. The van der Waals surface area contributed by atoms with Gasteiger partial charge in [-0.2, -0.15) is 0 Å². The third-order valence-electron chi connectivity index (χ3n) is 3.10. The number of nitrogens with zero attached hydrogens (tertiary/aromatic N) is 1. The van der Waals surface area contributed by atoms with Gasteiger partial charge in [0.25, 0.3) is 0 Å². The van der Waals surface area contributed by atoms with Crippen LogP contribution in [0.15, 0.2) is 60.7 Å². The summed E-state index contributed by atoms with van der Waals surface area (Å²) in [6.07, 6.45) is 8.08. The zero-order valence-corrected chi connectivity index (χ0v) is 10.8. The maximum Gasteiger partial charge on any atom is 0.230 e. The normalized spacial score (nSPS) is 19.2. The molecule has 0 N–H and O–H groups in total. The molecule has 1 aliphatic rings. The maximum atomic E-state index is 12.9. The number of amides is 1. The molecule has 1 aliphatic heterocycles. The topological polar surface area (TPSA) is 20.3 Å². The molecule has 1 fully saturated rings. The Morgan fingerprint density at radius 1 is 1.37 bits per heavy atom. The van der Waals surface area contributed by atoms with E-state index in [1.807, 2.05) is 31.2 Å². The van der Waals surface area contributed by atoms with E-state index in [2.05, 4.69) is 6.58 Å². The van der Waals surface area contributed by atoms with E-state index in [1.54, 1.807) is 17.0 Å². The van der Waals surface area contributed by atoms with E-state index >= 15 is 0 Å². The van der Waals surface area contributed by atoms with Gasteiger partial charge in [0, 0.05) is 5.69 Å². The van der Waals surface area contributed by atoms with Crippen LogP contribution >= 0.6 is 0 Å². The average molecular weight is 257 g/mol. The minimum atomic E-state index is -0.305. The summed E-state index contributed by atoms with van der Waals surface area (Å²) in [7, 11) is 0. The van der Waals surface area contributed by atoms with Gasteiger partial charge in [-0.25, -0.2) is 4.39 Å². The van der Waals surface area contributed by atoms with Crippen molar-refractivity contribution in [3.8, 4) is 0 Å². The smallest absolute Gasteiger partial charge is 0.230 e. The summed E-state index contributed by atoms with van der Waals surface area (Å²) < 4.78 is 12.9. The number of benzene rings is 1. The van der Waals surface area contributed by atoms with Crippen molar-refractivity contribution in [2.45, 2.75) is 19.4 Å². The average Bonchev–Trinajstić information content (AvgIpc) is 2.38. The lowest BCUT2D eigenvalue weighted by Gasteiger charge is -2.41. The van der Waals surface area contributed by atoms with Crippen LogP contribution in [0.1, 0.15) is 13.3 Å². The second-order valence-corrected chi connectivity index (χ2v) is 4.42. The van der Waals surface area contributed by atoms with Crippen molar-refractivity contribution < 1.29 is 9.18 Å². The molecular weight excluding hydrogens is 241 g/mol. The standard InChI is InChI=1S/C16H16FNO/c1-3-4-5-6-12(2)15-11-16(19)18(15)14-9-7-13(17)8-10-14/h3-10,15H,2,11H2,1H3/b4-3-,6-5-/t15-/m0/s1. The van der Waals surface area contributed by atoms with Crippen LogP contribution in [0.4, 0.5) is 10.1 Å². The molecule has 1 amide bonds. The van der Waals surface area contributed by atoms with Crippen LogP contribution in [-0.2, 0) is 4.79 Å². The Labute approximate surface area is 112 Å². The quantitative estimate of drug-likeness (QED) is 0.596. The molecule has 2 nitrogen and oxygen atoms in total. The molecule has 1 atom stereocenters. The third-order valence-corrected chi connectivity index (χ3v) is 3.10. The number of carbonyl (C=O) groups is 1. The highest BCUT2D eigenvalue weighted by Crippen LogP contribution is 2.31. The predicted octanol–water partition coefficient (Wildman–Crippen LogP) is 3.62. The van der Waals surface area contributed by atoms with Crippen LogP contribution < -0.4 is 4.90 Å². The minimum Gasteiger partial charge on any atom is -0.304 e. The van der Waals surface area contributed by atoms with Gasteiger partial charge in [-0.15, -0.1) is 0 Å². The summed E-state index contributed by atoms with van der Waals surface area (Å²) in [6, 6.07) is 5.91. The number of halogens is 1. The van der Waals surface area contributed by atoms with Crippen LogP contribution in [-0.4, -0.2) is 11.9 Å². The summed E-state index contributed by atoms with van der Waals surface area (Å²) in [5, 5.41) is 0. The Balaban J connectivity index is 2.13. The van der Waals surface area contributed by atoms with Crippen molar-refractivity contribution in [3.05, 3.63) is 66.5 Å². The van der Waals surface area contributed by atoms with Crippen molar-refractivity contribution in [1.29, 1.82) is 0 Å². The number of anilines is 1. The van der Waals surface area contributed by atoms with Crippen LogP contribution in [0.3, 0.4) is 0 Å². The molecule has 1 aromatic carbocycles. The molecule has 19 heavy (non-hydrogen) atoms. The van der Waals surface area contributed by atoms with Gasteiger partial charge in [0.2, 0.25) is 5.91 Å². The highest BCUT2D eigenvalue weighted by atomic mass is 19.1. The first kappa shape index (κ1) is 13.3. The van der Waals surface area contributed by atoms with Crippen molar-refractivity contribution in [1.82, 2.24) is 0 Å². The number of carbonyl (C=O) groups excluding carboxylic acids is 1. The van der Waals surface area contributed by atoms with Crippen molar-refractivity contribution in [3.63, 3.8) is 0 Å². The SMILES string of the molecule is C=C(/C=C\C=C/C)[C@@H]1CC(=O)N1c1ccc(F)cc1. The highest BCUT2D eigenvalue weighted by Gasteiger charge is 2.37. The van der Waals surface area contributed by atoms with Crippen LogP contribution in [0.5, 0.6) is 0 Å². The molecule has 3 heteroatoms. The fraction of sp³-hybridized carbons (Fsp3) is 0.188. The van der Waals surface area contributed by atoms with Gasteiger partial charge in [0.1, 0.15) is 5.82 Å².